The number of alkyl halides is 3. The van der Waals surface area contributed by atoms with Crippen molar-refractivity contribution in [1.29, 1.82) is 0 Å². The number of aromatic nitrogens is 2. The van der Waals surface area contributed by atoms with Gasteiger partial charge in [0.25, 0.3) is 11.8 Å². The molecule has 0 radical (unpaired) electrons. The summed E-state index contributed by atoms with van der Waals surface area (Å²) in [5.74, 6) is -0.913. The number of rotatable bonds is 7. The number of fused-ring (bicyclic) bond motifs is 1. The smallest absolute Gasteiger partial charge is 0.422 e. The van der Waals surface area contributed by atoms with E-state index in [0.717, 1.165) is 0 Å². The van der Waals surface area contributed by atoms with Gasteiger partial charge in [-0.2, -0.15) is 13.2 Å². The number of carbonyl (C=O) groups is 2. The van der Waals surface area contributed by atoms with Gasteiger partial charge in [-0.1, -0.05) is 0 Å². The zero-order chi connectivity index (χ0) is 22.8. The Balaban J connectivity index is 1.80. The molecule has 31 heavy (non-hydrogen) atoms. The minimum Gasteiger partial charge on any atom is -0.468 e. The van der Waals surface area contributed by atoms with Crippen molar-refractivity contribution in [1.82, 2.24) is 20.2 Å². The minimum absolute atomic E-state index is 0.0615. The molecule has 0 bridgehead atoms. The molecule has 1 aliphatic rings. The summed E-state index contributed by atoms with van der Waals surface area (Å²) in [5, 5.41) is 11.4. The van der Waals surface area contributed by atoms with E-state index in [0.29, 0.717) is 22.3 Å². The highest BCUT2D eigenvalue weighted by atomic mass is 19.4. The Hall–Kier alpha value is -3.21. The van der Waals surface area contributed by atoms with Crippen molar-refractivity contribution < 1.29 is 32.6 Å². The Morgan fingerprint density at radius 2 is 2.13 bits per heavy atom. The van der Waals surface area contributed by atoms with E-state index >= 15 is 0 Å². The van der Waals surface area contributed by atoms with Gasteiger partial charge in [0.1, 0.15) is 5.69 Å². The Kier molecular flexibility index (Phi) is 6.44. The predicted octanol–water partition coefficient (Wildman–Crippen LogP) is 2.17. The molecule has 1 atom stereocenters. The van der Waals surface area contributed by atoms with Crippen LogP contribution in [-0.4, -0.2) is 57.7 Å². The largest absolute Gasteiger partial charge is 0.468 e. The van der Waals surface area contributed by atoms with Gasteiger partial charge >= 0.3 is 6.18 Å². The average Bonchev–Trinajstić information content (AvgIpc) is 3.06. The molecule has 2 aromatic rings. The van der Waals surface area contributed by atoms with E-state index in [4.69, 9.17) is 9.84 Å². The third-order valence-corrected chi connectivity index (χ3v) is 4.86. The van der Waals surface area contributed by atoms with Crippen LogP contribution in [0.15, 0.2) is 24.5 Å². The van der Waals surface area contributed by atoms with Crippen molar-refractivity contribution >= 4 is 11.8 Å². The summed E-state index contributed by atoms with van der Waals surface area (Å²) in [5.41, 5.74) is 1.95. The second-order valence-electron chi connectivity index (χ2n) is 7.07. The lowest BCUT2D eigenvalue weighted by molar-refractivity contribution is -0.154. The number of hydrogen-bond acceptors (Lipinski definition) is 6. The Morgan fingerprint density at radius 1 is 1.39 bits per heavy atom. The molecule has 3 rings (SSSR count). The van der Waals surface area contributed by atoms with Crippen LogP contribution in [-0.2, 0) is 6.54 Å². The maximum atomic E-state index is 12.9. The maximum absolute atomic E-state index is 12.9. The number of amides is 2. The maximum Gasteiger partial charge on any atom is 0.422 e. The number of aliphatic hydroxyl groups excluding tert-OH is 1. The molecule has 1 aliphatic heterocycles. The fourth-order valence-electron chi connectivity index (χ4n) is 3.31. The van der Waals surface area contributed by atoms with Crippen LogP contribution in [0, 0.1) is 6.92 Å². The van der Waals surface area contributed by atoms with Crippen molar-refractivity contribution in [3.05, 3.63) is 52.5 Å². The van der Waals surface area contributed by atoms with Crippen LogP contribution in [0.25, 0.3) is 0 Å². The molecular weight excluding hydrogens is 417 g/mol. The van der Waals surface area contributed by atoms with Crippen molar-refractivity contribution in [2.24, 2.45) is 0 Å². The number of nitrogens with zero attached hydrogens (tertiary/aromatic N) is 3. The van der Waals surface area contributed by atoms with Gasteiger partial charge in [-0.05, 0) is 31.5 Å². The predicted molar refractivity (Wildman–Crippen MR) is 102 cm³/mol. The molecule has 8 nitrogen and oxygen atoms in total. The van der Waals surface area contributed by atoms with Gasteiger partial charge in [-0.3, -0.25) is 14.6 Å². The highest BCUT2D eigenvalue weighted by Crippen LogP contribution is 2.33. The van der Waals surface area contributed by atoms with Gasteiger partial charge in [-0.15, -0.1) is 0 Å². The van der Waals surface area contributed by atoms with Crippen molar-refractivity contribution in [2.45, 2.75) is 32.6 Å². The van der Waals surface area contributed by atoms with Gasteiger partial charge in [0.15, 0.2) is 6.61 Å². The lowest BCUT2D eigenvalue weighted by Crippen LogP contribution is -2.29. The Bertz CT molecular complexity index is 997. The lowest BCUT2D eigenvalue weighted by atomic mass is 10.1. The van der Waals surface area contributed by atoms with Gasteiger partial charge in [-0.25, -0.2) is 4.98 Å². The fraction of sp³-hybridized carbons (Fsp3) is 0.400. The molecule has 166 valence electrons. The van der Waals surface area contributed by atoms with Crippen LogP contribution in [0.3, 0.4) is 0 Å². The number of aliphatic hydroxyl groups is 1. The fourth-order valence-corrected chi connectivity index (χ4v) is 3.31. The highest BCUT2D eigenvalue weighted by Gasteiger charge is 2.35. The molecule has 2 aromatic heterocycles. The van der Waals surface area contributed by atoms with Crippen molar-refractivity contribution in [2.75, 3.05) is 19.8 Å². The molecule has 0 fully saturated rings. The van der Waals surface area contributed by atoms with Gasteiger partial charge < -0.3 is 20.1 Å². The summed E-state index contributed by atoms with van der Waals surface area (Å²) >= 11 is 0. The molecule has 0 saturated heterocycles. The first-order chi connectivity index (χ1) is 14.6. The van der Waals surface area contributed by atoms with E-state index < -0.39 is 24.7 Å². The number of hydrogen-bond donors (Lipinski definition) is 2. The van der Waals surface area contributed by atoms with Crippen LogP contribution in [0.2, 0.25) is 0 Å². The van der Waals surface area contributed by atoms with Crippen LogP contribution in [0.5, 0.6) is 5.88 Å². The molecule has 2 amide bonds. The van der Waals surface area contributed by atoms with E-state index in [1.54, 1.807) is 19.9 Å². The summed E-state index contributed by atoms with van der Waals surface area (Å²) in [6.45, 7) is 1.86. The first-order valence-electron chi connectivity index (χ1n) is 9.46. The number of ether oxygens (including phenoxy) is 1. The number of nitrogens with one attached hydrogen (secondary N) is 1. The normalized spacial score (nSPS) is 14.4. The second kappa shape index (κ2) is 8.88. The summed E-state index contributed by atoms with van der Waals surface area (Å²) in [6.07, 6.45) is -1.73. The Morgan fingerprint density at radius 3 is 2.77 bits per heavy atom. The standard InChI is InChI=1S/C20H21F3N4O4/c1-11-7-13(8-26-18(11)31-10-20(21,22)23)12(2)27-9-15-14(19(27)30)3-4-24-16(15)17(29)25-5-6-28/h3-4,7-8,12,28H,5-6,9-10H2,1-2H3,(H,25,29). The van der Waals surface area contributed by atoms with Gasteiger partial charge in [0, 0.05) is 42.2 Å². The van der Waals surface area contributed by atoms with E-state index in [1.165, 1.54) is 23.4 Å². The summed E-state index contributed by atoms with van der Waals surface area (Å²) < 4.78 is 41.8. The first-order valence-corrected chi connectivity index (χ1v) is 9.46. The lowest BCUT2D eigenvalue weighted by Gasteiger charge is -2.25. The average molecular weight is 438 g/mol. The van der Waals surface area contributed by atoms with Crippen molar-refractivity contribution in [3.63, 3.8) is 0 Å². The molecular formula is C20H21F3N4O4. The van der Waals surface area contributed by atoms with Gasteiger partial charge in [0.05, 0.1) is 12.6 Å². The van der Waals surface area contributed by atoms with E-state index in [2.05, 4.69) is 15.3 Å². The molecule has 0 aliphatic carbocycles. The van der Waals surface area contributed by atoms with Gasteiger partial charge in [0.2, 0.25) is 5.88 Å². The van der Waals surface area contributed by atoms with E-state index in [1.807, 2.05) is 0 Å². The topological polar surface area (TPSA) is 105 Å². The number of carbonyl (C=O) groups excluding carboxylic acids is 2. The number of halogens is 3. The molecule has 0 saturated carbocycles. The molecule has 2 N–H and O–H groups in total. The number of pyridine rings is 2. The zero-order valence-electron chi connectivity index (χ0n) is 16.9. The third-order valence-electron chi connectivity index (χ3n) is 4.86. The number of aryl methyl sites for hydroxylation is 1. The summed E-state index contributed by atoms with van der Waals surface area (Å²) in [4.78, 5) is 34.8. The summed E-state index contributed by atoms with van der Waals surface area (Å²) in [6, 6.07) is 2.69. The monoisotopic (exact) mass is 438 g/mol. The van der Waals surface area contributed by atoms with Crippen LogP contribution in [0.4, 0.5) is 13.2 Å². The van der Waals surface area contributed by atoms with E-state index in [-0.39, 0.29) is 37.2 Å². The zero-order valence-corrected chi connectivity index (χ0v) is 16.9. The molecule has 0 spiro atoms. The molecule has 3 heterocycles. The van der Waals surface area contributed by atoms with Crippen LogP contribution >= 0.6 is 0 Å². The summed E-state index contributed by atoms with van der Waals surface area (Å²) in [7, 11) is 0. The minimum atomic E-state index is -4.47. The van der Waals surface area contributed by atoms with Crippen molar-refractivity contribution in [3.8, 4) is 5.88 Å². The Labute approximate surface area is 176 Å². The quantitative estimate of drug-likeness (QED) is 0.687. The molecule has 1 unspecified atom stereocenters. The highest BCUT2D eigenvalue weighted by molar-refractivity contribution is 6.03. The first kappa shape index (κ1) is 22.5. The van der Waals surface area contributed by atoms with E-state index in [9.17, 15) is 22.8 Å². The SMILES string of the molecule is Cc1cc(C(C)N2Cc3c(ccnc3C(=O)NCCO)C2=O)cnc1OCC(F)(F)F. The third kappa shape index (κ3) is 4.93. The van der Waals surface area contributed by atoms with Crippen LogP contribution < -0.4 is 10.1 Å². The molecule has 11 heteroatoms. The second-order valence-corrected chi connectivity index (χ2v) is 7.07. The van der Waals surface area contributed by atoms with Crippen LogP contribution in [0.1, 0.15) is 50.5 Å². The molecule has 0 aromatic carbocycles.